The van der Waals surface area contributed by atoms with Crippen molar-refractivity contribution in [2.45, 2.75) is 19.8 Å². The Morgan fingerprint density at radius 2 is 2.05 bits per heavy atom. The highest BCUT2D eigenvalue weighted by molar-refractivity contribution is 6.01. The average molecular weight is 257 g/mol. The predicted molar refractivity (Wildman–Crippen MR) is 79.6 cm³/mol. The highest BCUT2D eigenvalue weighted by Crippen LogP contribution is 2.26. The first-order valence-electron chi connectivity index (χ1n) is 6.48. The minimum Gasteiger partial charge on any atom is -0.363 e. The van der Waals surface area contributed by atoms with Crippen LogP contribution in [0.4, 0.5) is 11.5 Å². The number of nitrogens with one attached hydrogen (secondary N) is 1. The molecule has 0 aliphatic heterocycles. The lowest BCUT2D eigenvalue weighted by molar-refractivity contribution is -0.116. The molecule has 1 heterocycles. The fraction of sp³-hybridized carbons (Fsp3) is 0.333. The Morgan fingerprint density at radius 3 is 2.74 bits per heavy atom. The summed E-state index contributed by atoms with van der Waals surface area (Å²) >= 11 is 0. The van der Waals surface area contributed by atoms with E-state index in [-0.39, 0.29) is 5.91 Å². The van der Waals surface area contributed by atoms with Crippen LogP contribution < -0.4 is 10.2 Å². The average Bonchev–Trinajstić information content (AvgIpc) is 2.38. The second-order valence-corrected chi connectivity index (χ2v) is 4.74. The molecule has 0 spiro atoms. The van der Waals surface area contributed by atoms with Crippen molar-refractivity contribution in [2.24, 2.45) is 0 Å². The first-order valence-corrected chi connectivity index (χ1v) is 6.48. The summed E-state index contributed by atoms with van der Waals surface area (Å²) in [5.74, 6) is 0.883. The number of hydrogen-bond acceptors (Lipinski definition) is 3. The van der Waals surface area contributed by atoms with Crippen LogP contribution in [0.15, 0.2) is 30.3 Å². The summed E-state index contributed by atoms with van der Waals surface area (Å²) < 4.78 is 0. The van der Waals surface area contributed by atoms with Crippen molar-refractivity contribution < 1.29 is 4.79 Å². The molecule has 0 unspecified atom stereocenters. The number of amides is 1. The van der Waals surface area contributed by atoms with Crippen LogP contribution in [0.2, 0.25) is 0 Å². The lowest BCUT2D eigenvalue weighted by Crippen LogP contribution is -2.14. The molecule has 0 saturated carbocycles. The first-order chi connectivity index (χ1) is 9.11. The molecule has 0 atom stereocenters. The Labute approximate surface area is 113 Å². The molecule has 1 aromatic carbocycles. The standard InChI is InChI=1S/C15H19N3O/c1-4-7-15(19)17-13-10-14(18(2)3)16-12-9-6-5-8-11(12)13/h5-6,8-10H,4,7H2,1-3H3,(H,16,17,19). The normalized spacial score (nSPS) is 10.5. The molecule has 4 heteroatoms. The molecule has 0 radical (unpaired) electrons. The number of para-hydroxylation sites is 1. The Kier molecular flexibility index (Phi) is 4.00. The van der Waals surface area contributed by atoms with Crippen LogP contribution >= 0.6 is 0 Å². The number of hydrogen-bond donors (Lipinski definition) is 1. The summed E-state index contributed by atoms with van der Waals surface area (Å²) in [6.45, 7) is 2.00. The highest BCUT2D eigenvalue weighted by atomic mass is 16.1. The van der Waals surface area contributed by atoms with Crippen molar-refractivity contribution in [3.8, 4) is 0 Å². The van der Waals surface area contributed by atoms with E-state index in [2.05, 4.69) is 10.3 Å². The van der Waals surface area contributed by atoms with E-state index < -0.39 is 0 Å². The maximum absolute atomic E-state index is 11.8. The van der Waals surface area contributed by atoms with Gasteiger partial charge in [0.2, 0.25) is 5.91 Å². The summed E-state index contributed by atoms with van der Waals surface area (Å²) in [6, 6.07) is 9.75. The van der Waals surface area contributed by atoms with Gasteiger partial charge >= 0.3 is 0 Å². The van der Waals surface area contributed by atoms with Gasteiger partial charge in [-0.05, 0) is 12.5 Å². The molecule has 2 aromatic rings. The lowest BCUT2D eigenvalue weighted by Gasteiger charge is -2.15. The maximum Gasteiger partial charge on any atom is 0.224 e. The predicted octanol–water partition coefficient (Wildman–Crippen LogP) is 3.04. The quantitative estimate of drug-likeness (QED) is 0.915. The van der Waals surface area contributed by atoms with Crippen LogP contribution in [0, 0.1) is 0 Å². The van der Waals surface area contributed by atoms with Gasteiger partial charge in [-0.3, -0.25) is 4.79 Å². The monoisotopic (exact) mass is 257 g/mol. The molecule has 1 amide bonds. The Balaban J connectivity index is 2.47. The van der Waals surface area contributed by atoms with E-state index in [1.165, 1.54) is 0 Å². The SMILES string of the molecule is CCCC(=O)Nc1cc(N(C)C)nc2ccccc12. The number of pyridine rings is 1. The molecule has 2 rings (SSSR count). The van der Waals surface area contributed by atoms with Crippen molar-refractivity contribution in [1.29, 1.82) is 0 Å². The van der Waals surface area contributed by atoms with Gasteiger partial charge in [0.05, 0.1) is 11.2 Å². The van der Waals surface area contributed by atoms with Crippen molar-refractivity contribution in [3.63, 3.8) is 0 Å². The van der Waals surface area contributed by atoms with Crippen molar-refractivity contribution in [1.82, 2.24) is 4.98 Å². The largest absolute Gasteiger partial charge is 0.363 e. The van der Waals surface area contributed by atoms with Crippen molar-refractivity contribution in [2.75, 3.05) is 24.3 Å². The van der Waals surface area contributed by atoms with Gasteiger partial charge in [-0.25, -0.2) is 4.98 Å². The summed E-state index contributed by atoms with van der Waals surface area (Å²) in [5.41, 5.74) is 1.72. The maximum atomic E-state index is 11.8. The number of rotatable bonds is 4. The molecule has 0 fully saturated rings. The Bertz CT molecular complexity index is 593. The third-order valence-electron chi connectivity index (χ3n) is 2.91. The lowest BCUT2D eigenvalue weighted by atomic mass is 10.1. The molecule has 19 heavy (non-hydrogen) atoms. The number of benzene rings is 1. The molecule has 0 aliphatic rings. The minimum atomic E-state index is 0.0450. The van der Waals surface area contributed by atoms with Crippen LogP contribution in [-0.4, -0.2) is 25.0 Å². The molecule has 100 valence electrons. The molecule has 0 saturated heterocycles. The van der Waals surface area contributed by atoms with Gasteiger partial charge in [0.25, 0.3) is 0 Å². The molecule has 4 nitrogen and oxygen atoms in total. The van der Waals surface area contributed by atoms with Crippen LogP contribution in [0.25, 0.3) is 10.9 Å². The van der Waals surface area contributed by atoms with E-state index in [1.54, 1.807) is 0 Å². The zero-order valence-electron chi connectivity index (χ0n) is 11.6. The van der Waals surface area contributed by atoms with E-state index >= 15 is 0 Å². The fourth-order valence-electron chi connectivity index (χ4n) is 1.93. The zero-order chi connectivity index (χ0) is 13.8. The van der Waals surface area contributed by atoms with E-state index in [9.17, 15) is 4.79 Å². The number of aromatic nitrogens is 1. The number of fused-ring (bicyclic) bond motifs is 1. The molecule has 1 aromatic heterocycles. The number of carbonyl (C=O) groups is 1. The summed E-state index contributed by atoms with van der Waals surface area (Å²) in [7, 11) is 3.88. The Hall–Kier alpha value is -2.10. The van der Waals surface area contributed by atoms with E-state index in [1.807, 2.05) is 56.3 Å². The topological polar surface area (TPSA) is 45.2 Å². The number of nitrogens with zero attached hydrogens (tertiary/aromatic N) is 2. The molecular weight excluding hydrogens is 238 g/mol. The molecule has 1 N–H and O–H groups in total. The smallest absolute Gasteiger partial charge is 0.224 e. The van der Waals surface area contributed by atoms with E-state index in [4.69, 9.17) is 0 Å². The van der Waals surface area contributed by atoms with Crippen molar-refractivity contribution >= 4 is 28.3 Å². The zero-order valence-corrected chi connectivity index (χ0v) is 11.6. The van der Waals surface area contributed by atoms with Crippen LogP contribution in [-0.2, 0) is 4.79 Å². The van der Waals surface area contributed by atoms with Gasteiger partial charge in [0, 0.05) is 32.0 Å². The molecule has 0 aliphatic carbocycles. The third kappa shape index (κ3) is 3.02. The summed E-state index contributed by atoms with van der Waals surface area (Å²) in [4.78, 5) is 18.3. The highest BCUT2D eigenvalue weighted by Gasteiger charge is 2.09. The van der Waals surface area contributed by atoms with Crippen LogP contribution in [0.3, 0.4) is 0 Å². The summed E-state index contributed by atoms with van der Waals surface area (Å²) in [5, 5.41) is 3.95. The Morgan fingerprint density at radius 1 is 1.32 bits per heavy atom. The fourth-order valence-corrected chi connectivity index (χ4v) is 1.93. The second-order valence-electron chi connectivity index (χ2n) is 4.74. The first kappa shape index (κ1) is 13.3. The molecular formula is C15H19N3O. The summed E-state index contributed by atoms with van der Waals surface area (Å²) in [6.07, 6.45) is 1.38. The minimum absolute atomic E-state index is 0.0450. The van der Waals surface area contributed by atoms with Gasteiger partial charge in [-0.2, -0.15) is 0 Å². The van der Waals surface area contributed by atoms with Gasteiger partial charge in [0.15, 0.2) is 0 Å². The molecule has 0 bridgehead atoms. The van der Waals surface area contributed by atoms with Crippen LogP contribution in [0.5, 0.6) is 0 Å². The van der Waals surface area contributed by atoms with Crippen LogP contribution in [0.1, 0.15) is 19.8 Å². The van der Waals surface area contributed by atoms with E-state index in [0.717, 1.165) is 28.8 Å². The van der Waals surface area contributed by atoms with Gasteiger partial charge < -0.3 is 10.2 Å². The van der Waals surface area contributed by atoms with E-state index in [0.29, 0.717) is 6.42 Å². The number of anilines is 2. The van der Waals surface area contributed by atoms with Crippen molar-refractivity contribution in [3.05, 3.63) is 30.3 Å². The van der Waals surface area contributed by atoms with Gasteiger partial charge in [-0.15, -0.1) is 0 Å². The van der Waals surface area contributed by atoms with Gasteiger partial charge in [0.1, 0.15) is 5.82 Å². The third-order valence-corrected chi connectivity index (χ3v) is 2.91. The number of carbonyl (C=O) groups excluding carboxylic acids is 1. The van der Waals surface area contributed by atoms with Gasteiger partial charge in [-0.1, -0.05) is 25.1 Å². The second kappa shape index (κ2) is 5.69.